The molecule has 1 unspecified atom stereocenters. The molecule has 0 amide bonds. The van der Waals surface area contributed by atoms with Crippen LogP contribution in [0.15, 0.2) is 170 Å². The van der Waals surface area contributed by atoms with E-state index in [1.807, 2.05) is 121 Å². The summed E-state index contributed by atoms with van der Waals surface area (Å²) in [6.45, 7) is 2.98. The van der Waals surface area contributed by atoms with Crippen molar-refractivity contribution in [2.24, 2.45) is 0 Å². The average Bonchev–Trinajstić information content (AvgIpc) is 3.24. The standard InChI is InChI=1S/C48H46O7/c1-35(49)42-24-14-15-25-43(42)54-48-47(53-33-38-20-10-4-11-21-38)46(52-32-37-18-8-3-9-19-37)45(51-31-36-16-6-2-7-17-36)44(55-48)34-50-30-39-26-28-41(29-27-39)40-22-12-5-13-23-40/h2-29,44-48H,30-34H2,1H3/t44-,45-,46+,47-,48?/m1/s1. The van der Waals surface area contributed by atoms with E-state index in [4.69, 9.17) is 28.4 Å². The minimum Gasteiger partial charge on any atom is -0.461 e. The third kappa shape index (κ3) is 10.4. The molecule has 0 saturated carbocycles. The van der Waals surface area contributed by atoms with Gasteiger partial charge in [-0.1, -0.05) is 158 Å². The summed E-state index contributed by atoms with van der Waals surface area (Å²) >= 11 is 0. The zero-order valence-corrected chi connectivity index (χ0v) is 30.9. The summed E-state index contributed by atoms with van der Waals surface area (Å²) in [5, 5.41) is 0. The highest BCUT2D eigenvalue weighted by Crippen LogP contribution is 2.33. The maximum Gasteiger partial charge on any atom is 0.229 e. The molecular weight excluding hydrogens is 689 g/mol. The van der Waals surface area contributed by atoms with E-state index in [9.17, 15) is 4.79 Å². The second-order valence-corrected chi connectivity index (χ2v) is 13.6. The SMILES string of the molecule is CC(=O)c1ccccc1OC1O[C@H](COCc2ccc(-c3ccccc3)cc2)[C@@H](OCc2ccccc2)[C@H](OCc2ccccc2)[C@H]1OCc1ccccc1. The van der Waals surface area contributed by atoms with Crippen molar-refractivity contribution in [3.8, 4) is 16.9 Å². The van der Waals surface area contributed by atoms with Crippen LogP contribution in [0.3, 0.4) is 0 Å². The summed E-state index contributed by atoms with van der Waals surface area (Å²) in [5.41, 5.74) is 6.77. The van der Waals surface area contributed by atoms with Gasteiger partial charge in [-0.15, -0.1) is 0 Å². The van der Waals surface area contributed by atoms with E-state index in [1.165, 1.54) is 6.92 Å². The second-order valence-electron chi connectivity index (χ2n) is 13.6. The lowest BCUT2D eigenvalue weighted by Crippen LogP contribution is -2.62. The molecule has 0 N–H and O–H groups in total. The van der Waals surface area contributed by atoms with Crippen molar-refractivity contribution < 1.29 is 33.2 Å². The Kier molecular flexibility index (Phi) is 13.3. The zero-order valence-electron chi connectivity index (χ0n) is 30.9. The molecule has 55 heavy (non-hydrogen) atoms. The number of carbonyl (C=O) groups excluding carboxylic acids is 1. The Morgan fingerprint density at radius 1 is 0.491 bits per heavy atom. The first-order valence-corrected chi connectivity index (χ1v) is 18.7. The molecule has 1 aliphatic rings. The number of ether oxygens (including phenoxy) is 6. The average molecular weight is 735 g/mol. The highest BCUT2D eigenvalue weighted by molar-refractivity contribution is 5.96. The lowest BCUT2D eigenvalue weighted by molar-refractivity contribution is -0.310. The molecule has 0 aliphatic carbocycles. The number of rotatable bonds is 17. The minimum absolute atomic E-state index is 0.118. The maximum atomic E-state index is 12.7. The fraction of sp³-hybridized carbons (Fsp3) is 0.229. The Labute approximate surface area is 323 Å². The molecule has 1 heterocycles. The molecule has 7 nitrogen and oxygen atoms in total. The van der Waals surface area contributed by atoms with Crippen LogP contribution < -0.4 is 4.74 Å². The zero-order chi connectivity index (χ0) is 37.7. The van der Waals surface area contributed by atoms with E-state index in [0.29, 0.717) is 31.1 Å². The third-order valence-corrected chi connectivity index (χ3v) is 9.57. The van der Waals surface area contributed by atoms with Crippen molar-refractivity contribution in [1.82, 2.24) is 0 Å². The third-order valence-electron chi connectivity index (χ3n) is 9.57. The van der Waals surface area contributed by atoms with E-state index < -0.39 is 30.7 Å². The molecule has 280 valence electrons. The van der Waals surface area contributed by atoms with Gasteiger partial charge < -0.3 is 28.4 Å². The lowest BCUT2D eigenvalue weighted by Gasteiger charge is -2.45. The van der Waals surface area contributed by atoms with Gasteiger partial charge in [0, 0.05) is 0 Å². The smallest absolute Gasteiger partial charge is 0.229 e. The highest BCUT2D eigenvalue weighted by Gasteiger charge is 2.50. The maximum absolute atomic E-state index is 12.7. The number of Topliss-reactive ketones (excluding diaryl/α,β-unsaturated/α-hetero) is 1. The van der Waals surface area contributed by atoms with E-state index in [1.54, 1.807) is 12.1 Å². The van der Waals surface area contributed by atoms with Gasteiger partial charge >= 0.3 is 0 Å². The number of carbonyl (C=O) groups is 1. The Hall–Kier alpha value is -5.41. The van der Waals surface area contributed by atoms with Crippen molar-refractivity contribution in [2.45, 2.75) is 64.1 Å². The summed E-state index contributed by atoms with van der Waals surface area (Å²) in [6, 6.07) is 55.8. The molecule has 1 fully saturated rings. The molecule has 5 atom stereocenters. The number of hydrogen-bond donors (Lipinski definition) is 0. The molecule has 7 rings (SSSR count). The molecule has 7 heteroatoms. The monoisotopic (exact) mass is 734 g/mol. The Balaban J connectivity index is 1.19. The van der Waals surface area contributed by atoms with Crippen LogP contribution in [0.5, 0.6) is 5.75 Å². The fourth-order valence-electron chi connectivity index (χ4n) is 6.68. The van der Waals surface area contributed by atoms with Crippen LogP contribution in [0.25, 0.3) is 11.1 Å². The lowest BCUT2D eigenvalue weighted by atomic mass is 9.97. The van der Waals surface area contributed by atoms with E-state index in [-0.39, 0.29) is 19.0 Å². The predicted octanol–water partition coefficient (Wildman–Crippen LogP) is 9.63. The Bertz CT molecular complexity index is 2040. The van der Waals surface area contributed by atoms with Crippen LogP contribution in [0.2, 0.25) is 0 Å². The number of para-hydroxylation sites is 1. The summed E-state index contributed by atoms with van der Waals surface area (Å²) in [5.74, 6) is 0.282. The van der Waals surface area contributed by atoms with Crippen molar-refractivity contribution >= 4 is 5.78 Å². The van der Waals surface area contributed by atoms with Gasteiger partial charge in [0.15, 0.2) is 5.78 Å². The largest absolute Gasteiger partial charge is 0.461 e. The van der Waals surface area contributed by atoms with Gasteiger partial charge in [-0.3, -0.25) is 4.79 Å². The molecule has 1 saturated heterocycles. The summed E-state index contributed by atoms with van der Waals surface area (Å²) in [6.07, 6.45) is -3.63. The summed E-state index contributed by atoms with van der Waals surface area (Å²) in [7, 11) is 0. The molecule has 0 bridgehead atoms. The Morgan fingerprint density at radius 2 is 0.945 bits per heavy atom. The number of benzene rings is 6. The quantitative estimate of drug-likeness (QED) is 0.0865. The van der Waals surface area contributed by atoms with E-state index in [2.05, 4.69) is 36.4 Å². The van der Waals surface area contributed by atoms with Crippen LogP contribution in [0.4, 0.5) is 0 Å². The molecule has 6 aromatic rings. The summed E-state index contributed by atoms with van der Waals surface area (Å²) in [4.78, 5) is 12.7. The van der Waals surface area contributed by atoms with E-state index in [0.717, 1.165) is 33.4 Å². The Morgan fingerprint density at radius 3 is 1.51 bits per heavy atom. The normalized spacial score (nSPS) is 19.5. The second kappa shape index (κ2) is 19.3. The molecule has 0 radical (unpaired) electrons. The van der Waals surface area contributed by atoms with Crippen LogP contribution in [0, 0.1) is 0 Å². The van der Waals surface area contributed by atoms with Crippen molar-refractivity contribution in [2.75, 3.05) is 6.61 Å². The van der Waals surface area contributed by atoms with Gasteiger partial charge in [0.05, 0.1) is 38.6 Å². The highest BCUT2D eigenvalue weighted by atomic mass is 16.7. The van der Waals surface area contributed by atoms with Crippen LogP contribution in [0.1, 0.15) is 39.5 Å². The van der Waals surface area contributed by atoms with Crippen molar-refractivity contribution in [3.63, 3.8) is 0 Å². The first-order valence-electron chi connectivity index (χ1n) is 18.7. The van der Waals surface area contributed by atoms with Gasteiger partial charge in [0.25, 0.3) is 0 Å². The molecule has 0 spiro atoms. The van der Waals surface area contributed by atoms with Crippen LogP contribution in [-0.2, 0) is 50.1 Å². The molecule has 1 aliphatic heterocycles. The summed E-state index contributed by atoms with van der Waals surface area (Å²) < 4.78 is 40.2. The van der Waals surface area contributed by atoms with Crippen LogP contribution in [-0.4, -0.2) is 43.1 Å². The van der Waals surface area contributed by atoms with Gasteiger partial charge in [0.2, 0.25) is 6.29 Å². The van der Waals surface area contributed by atoms with Gasteiger partial charge in [0.1, 0.15) is 30.2 Å². The first-order chi connectivity index (χ1) is 27.1. The van der Waals surface area contributed by atoms with Crippen molar-refractivity contribution in [3.05, 3.63) is 198 Å². The van der Waals surface area contributed by atoms with Crippen LogP contribution >= 0.6 is 0 Å². The predicted molar refractivity (Wildman–Crippen MR) is 212 cm³/mol. The molecular formula is C48H46O7. The first kappa shape index (κ1) is 37.9. The van der Waals surface area contributed by atoms with Gasteiger partial charge in [-0.2, -0.15) is 0 Å². The molecule has 6 aromatic carbocycles. The minimum atomic E-state index is -0.972. The van der Waals surface area contributed by atoms with Gasteiger partial charge in [-0.05, 0) is 52.4 Å². The topological polar surface area (TPSA) is 72.5 Å². The number of ketones is 1. The van der Waals surface area contributed by atoms with Gasteiger partial charge in [-0.25, -0.2) is 0 Å². The van der Waals surface area contributed by atoms with Crippen molar-refractivity contribution in [1.29, 1.82) is 0 Å². The molecule has 0 aromatic heterocycles. The van der Waals surface area contributed by atoms with E-state index >= 15 is 0 Å². The fourth-order valence-corrected chi connectivity index (χ4v) is 6.68. The number of hydrogen-bond acceptors (Lipinski definition) is 7.